The van der Waals surface area contributed by atoms with Gasteiger partial charge >= 0.3 is 17.8 Å². The minimum absolute atomic E-state index is 0.158. The predicted molar refractivity (Wildman–Crippen MR) is 95.2 cm³/mol. The number of benzene rings is 1. The first-order chi connectivity index (χ1) is 12.4. The van der Waals surface area contributed by atoms with Crippen LogP contribution < -0.4 is 5.32 Å². The van der Waals surface area contributed by atoms with Gasteiger partial charge in [0.15, 0.2) is 0 Å². The normalized spacial score (nSPS) is 23.5. The van der Waals surface area contributed by atoms with E-state index in [2.05, 4.69) is 5.32 Å². The molecule has 1 heterocycles. The van der Waals surface area contributed by atoms with Crippen LogP contribution in [0.25, 0.3) is 0 Å². The van der Waals surface area contributed by atoms with E-state index in [0.29, 0.717) is 12.1 Å². The number of hydrogen-bond donors (Lipinski definition) is 1. The highest BCUT2D eigenvalue weighted by molar-refractivity contribution is 6.45. The van der Waals surface area contributed by atoms with Gasteiger partial charge in [-0.05, 0) is 43.4 Å². The van der Waals surface area contributed by atoms with Crippen LogP contribution in [0.1, 0.15) is 38.2 Å². The van der Waals surface area contributed by atoms with Crippen LogP contribution in [-0.2, 0) is 14.4 Å². The van der Waals surface area contributed by atoms with Gasteiger partial charge in [0.25, 0.3) is 0 Å². The van der Waals surface area contributed by atoms with Gasteiger partial charge in [0, 0.05) is 11.7 Å². The van der Waals surface area contributed by atoms with Gasteiger partial charge in [-0.25, -0.2) is 9.69 Å². The van der Waals surface area contributed by atoms with Crippen molar-refractivity contribution in [3.63, 3.8) is 0 Å². The molecule has 0 unspecified atom stereocenters. The summed E-state index contributed by atoms with van der Waals surface area (Å²) in [5.41, 5.74) is 1.56. The molecule has 7 heteroatoms. The minimum Gasteiger partial charge on any atom is -0.325 e. The Balaban J connectivity index is 1.70. The van der Waals surface area contributed by atoms with Gasteiger partial charge in [0.1, 0.15) is 6.54 Å². The summed E-state index contributed by atoms with van der Waals surface area (Å²) in [5, 5.41) is 2.65. The van der Waals surface area contributed by atoms with Crippen molar-refractivity contribution in [1.29, 1.82) is 0 Å². The van der Waals surface area contributed by atoms with Crippen molar-refractivity contribution in [2.45, 2.75) is 45.6 Å². The Kier molecular flexibility index (Phi) is 5.06. The zero-order valence-electron chi connectivity index (χ0n) is 15.0. The third-order valence-electron chi connectivity index (χ3n) is 5.09. The van der Waals surface area contributed by atoms with Crippen molar-refractivity contribution in [1.82, 2.24) is 9.80 Å². The SMILES string of the molecule is Cc1cccc(NC(=O)CN2C(=O)C(=O)N([C@H]3CCCC[C@H]3C)C2=O)c1. The molecule has 1 aliphatic heterocycles. The molecule has 2 fully saturated rings. The minimum atomic E-state index is -0.924. The number of urea groups is 1. The molecule has 1 saturated carbocycles. The van der Waals surface area contributed by atoms with Crippen LogP contribution in [0.15, 0.2) is 24.3 Å². The third-order valence-corrected chi connectivity index (χ3v) is 5.09. The lowest BCUT2D eigenvalue weighted by atomic mass is 9.85. The van der Waals surface area contributed by atoms with Crippen molar-refractivity contribution >= 4 is 29.4 Å². The number of anilines is 1. The average molecular weight is 357 g/mol. The lowest BCUT2D eigenvalue weighted by Gasteiger charge is -2.34. The van der Waals surface area contributed by atoms with Crippen molar-refractivity contribution in [3.8, 4) is 0 Å². The Morgan fingerprint density at radius 3 is 2.58 bits per heavy atom. The third kappa shape index (κ3) is 3.47. The molecule has 1 N–H and O–H groups in total. The van der Waals surface area contributed by atoms with Gasteiger partial charge in [-0.3, -0.25) is 19.3 Å². The molecule has 0 spiro atoms. The summed E-state index contributed by atoms with van der Waals surface area (Å²) in [6.45, 7) is 3.42. The molecule has 1 saturated heterocycles. The van der Waals surface area contributed by atoms with Crippen LogP contribution in [0.4, 0.5) is 10.5 Å². The molecule has 1 aliphatic carbocycles. The van der Waals surface area contributed by atoms with Crippen molar-refractivity contribution in [2.75, 3.05) is 11.9 Å². The number of amides is 5. The molecule has 2 atom stereocenters. The number of hydrogen-bond acceptors (Lipinski definition) is 4. The summed E-state index contributed by atoms with van der Waals surface area (Å²) >= 11 is 0. The van der Waals surface area contributed by atoms with Gasteiger partial charge < -0.3 is 5.32 Å². The van der Waals surface area contributed by atoms with E-state index in [9.17, 15) is 19.2 Å². The first-order valence-electron chi connectivity index (χ1n) is 8.94. The van der Waals surface area contributed by atoms with E-state index in [1.807, 2.05) is 19.9 Å². The van der Waals surface area contributed by atoms with Crippen molar-refractivity contribution in [2.24, 2.45) is 5.92 Å². The Morgan fingerprint density at radius 2 is 1.88 bits per heavy atom. The van der Waals surface area contributed by atoms with Gasteiger partial charge in [-0.1, -0.05) is 31.9 Å². The Morgan fingerprint density at radius 1 is 1.15 bits per heavy atom. The van der Waals surface area contributed by atoms with Gasteiger partial charge in [0.2, 0.25) is 5.91 Å². The number of imide groups is 2. The Bertz CT molecular complexity index is 761. The largest absolute Gasteiger partial charge is 0.334 e. The summed E-state index contributed by atoms with van der Waals surface area (Å²) in [4.78, 5) is 51.3. The van der Waals surface area contributed by atoms with E-state index >= 15 is 0 Å². The smallest absolute Gasteiger partial charge is 0.325 e. The summed E-state index contributed by atoms with van der Waals surface area (Å²) in [7, 11) is 0. The number of aryl methyl sites for hydroxylation is 1. The number of nitrogens with one attached hydrogen (secondary N) is 1. The van der Waals surface area contributed by atoms with Crippen LogP contribution in [0, 0.1) is 12.8 Å². The van der Waals surface area contributed by atoms with E-state index in [1.165, 1.54) is 0 Å². The first kappa shape index (κ1) is 18.1. The van der Waals surface area contributed by atoms with E-state index in [0.717, 1.165) is 34.6 Å². The monoisotopic (exact) mass is 357 g/mol. The standard InChI is InChI=1S/C19H23N3O4/c1-12-6-5-8-14(10-12)20-16(23)11-21-17(24)18(25)22(19(21)26)15-9-4-3-7-13(15)2/h5-6,8,10,13,15H,3-4,7,9,11H2,1-2H3,(H,20,23)/t13-,15+/m1/s1. The molecule has 7 nitrogen and oxygen atoms in total. The zero-order valence-corrected chi connectivity index (χ0v) is 15.0. The van der Waals surface area contributed by atoms with Gasteiger partial charge in [-0.15, -0.1) is 0 Å². The second kappa shape index (κ2) is 7.27. The summed E-state index contributed by atoms with van der Waals surface area (Å²) in [6.07, 6.45) is 3.61. The Labute approximate surface area is 152 Å². The van der Waals surface area contributed by atoms with Crippen molar-refractivity contribution < 1.29 is 19.2 Å². The summed E-state index contributed by atoms with van der Waals surface area (Å²) in [6, 6.07) is 6.25. The lowest BCUT2D eigenvalue weighted by molar-refractivity contribution is -0.145. The molecule has 138 valence electrons. The first-order valence-corrected chi connectivity index (χ1v) is 8.94. The van der Waals surface area contributed by atoms with Crippen LogP contribution in [-0.4, -0.2) is 46.1 Å². The molecule has 26 heavy (non-hydrogen) atoms. The molecule has 0 radical (unpaired) electrons. The van der Waals surface area contributed by atoms with E-state index in [1.54, 1.807) is 18.2 Å². The predicted octanol–water partition coefficient (Wildman–Crippen LogP) is 2.30. The average Bonchev–Trinajstić information content (AvgIpc) is 2.79. The zero-order chi connectivity index (χ0) is 18.8. The maximum Gasteiger partial charge on any atom is 0.334 e. The molecule has 2 aliphatic rings. The Hall–Kier alpha value is -2.70. The van der Waals surface area contributed by atoms with Crippen LogP contribution in [0.5, 0.6) is 0 Å². The fourth-order valence-corrected chi connectivity index (χ4v) is 3.70. The fraction of sp³-hybridized carbons (Fsp3) is 0.474. The molecular formula is C19H23N3O4. The number of rotatable bonds is 4. The molecule has 0 bridgehead atoms. The van der Waals surface area contributed by atoms with E-state index < -0.39 is 30.3 Å². The summed E-state index contributed by atoms with van der Waals surface area (Å²) < 4.78 is 0. The molecule has 5 amide bonds. The van der Waals surface area contributed by atoms with Crippen LogP contribution in [0.2, 0.25) is 0 Å². The number of carbonyl (C=O) groups excluding carboxylic acids is 4. The fourth-order valence-electron chi connectivity index (χ4n) is 3.70. The highest BCUT2D eigenvalue weighted by atomic mass is 16.2. The maximum atomic E-state index is 12.6. The summed E-state index contributed by atoms with van der Waals surface area (Å²) in [5.74, 6) is -2.10. The van der Waals surface area contributed by atoms with Crippen LogP contribution in [0.3, 0.4) is 0 Å². The second-order valence-corrected chi connectivity index (χ2v) is 7.10. The molecule has 1 aromatic rings. The number of carbonyl (C=O) groups is 4. The molecule has 0 aromatic heterocycles. The van der Waals surface area contributed by atoms with Gasteiger partial charge in [-0.2, -0.15) is 0 Å². The van der Waals surface area contributed by atoms with E-state index in [-0.39, 0.29) is 12.0 Å². The second-order valence-electron chi connectivity index (χ2n) is 7.10. The topological polar surface area (TPSA) is 86.8 Å². The number of nitrogens with zero attached hydrogens (tertiary/aromatic N) is 2. The molecular weight excluding hydrogens is 334 g/mol. The highest BCUT2D eigenvalue weighted by Gasteiger charge is 2.49. The maximum absolute atomic E-state index is 12.6. The molecule has 3 rings (SSSR count). The van der Waals surface area contributed by atoms with Crippen molar-refractivity contribution in [3.05, 3.63) is 29.8 Å². The highest BCUT2D eigenvalue weighted by Crippen LogP contribution is 2.31. The molecule has 1 aromatic carbocycles. The lowest BCUT2D eigenvalue weighted by Crippen LogP contribution is -2.46. The van der Waals surface area contributed by atoms with Crippen LogP contribution >= 0.6 is 0 Å². The van der Waals surface area contributed by atoms with Gasteiger partial charge in [0.05, 0.1) is 0 Å². The quantitative estimate of drug-likeness (QED) is 0.662. The van der Waals surface area contributed by atoms with E-state index in [4.69, 9.17) is 0 Å².